The van der Waals surface area contributed by atoms with Crippen LogP contribution in [0.3, 0.4) is 0 Å². The van der Waals surface area contributed by atoms with E-state index in [2.05, 4.69) is 26.1 Å². The van der Waals surface area contributed by atoms with Crippen LogP contribution < -0.4 is 10.1 Å². The van der Waals surface area contributed by atoms with Crippen molar-refractivity contribution >= 4 is 11.8 Å². The molecule has 1 saturated carbocycles. The molecule has 1 aromatic carbocycles. The Bertz CT molecular complexity index is 1020. The Hall–Kier alpha value is -2.83. The fourth-order valence-electron chi connectivity index (χ4n) is 4.76. The lowest BCUT2D eigenvalue weighted by Crippen LogP contribution is -2.64. The van der Waals surface area contributed by atoms with Crippen LogP contribution in [0.2, 0.25) is 0 Å². The highest BCUT2D eigenvalue weighted by Gasteiger charge is 2.48. The third kappa shape index (κ3) is 4.63. The van der Waals surface area contributed by atoms with Crippen LogP contribution >= 0.6 is 0 Å². The van der Waals surface area contributed by atoms with Gasteiger partial charge in [0.25, 0.3) is 5.91 Å². The van der Waals surface area contributed by atoms with Crippen LogP contribution in [0.5, 0.6) is 5.75 Å². The lowest BCUT2D eigenvalue weighted by molar-refractivity contribution is -0.134. The smallest absolute Gasteiger partial charge is 0.273 e. The van der Waals surface area contributed by atoms with E-state index in [1.54, 1.807) is 16.7 Å². The summed E-state index contributed by atoms with van der Waals surface area (Å²) in [7, 11) is 1.63. The molecule has 1 aliphatic carbocycles. The quantitative estimate of drug-likeness (QED) is 0.742. The number of benzene rings is 1. The molecule has 0 spiro atoms. The van der Waals surface area contributed by atoms with E-state index >= 15 is 0 Å². The average molecular weight is 453 g/mol. The van der Waals surface area contributed by atoms with Crippen LogP contribution in [0.15, 0.2) is 30.3 Å². The monoisotopic (exact) mass is 452 g/mol. The van der Waals surface area contributed by atoms with Gasteiger partial charge in [0.15, 0.2) is 0 Å². The number of ether oxygens (including phenoxy) is 1. The van der Waals surface area contributed by atoms with Crippen molar-refractivity contribution in [2.45, 2.75) is 89.9 Å². The maximum absolute atomic E-state index is 13.8. The summed E-state index contributed by atoms with van der Waals surface area (Å²) in [6, 6.07) is 9.69. The second kappa shape index (κ2) is 8.84. The fourth-order valence-corrected chi connectivity index (χ4v) is 4.76. The lowest BCUT2D eigenvalue weighted by atomic mass is 9.90. The minimum atomic E-state index is -1.04. The SMILES string of the molecule is COc1ccc(CN2C(=O)c3cc(C(C)(C)C)nn3CC2(C)C(=O)NC2CCCCC2)cc1. The molecule has 0 radical (unpaired) electrons. The summed E-state index contributed by atoms with van der Waals surface area (Å²) in [6.45, 7) is 8.78. The third-order valence-corrected chi connectivity index (χ3v) is 7.00. The van der Waals surface area contributed by atoms with Crippen LogP contribution in [0.4, 0.5) is 0 Å². The van der Waals surface area contributed by atoms with Crippen molar-refractivity contribution in [2.75, 3.05) is 7.11 Å². The molecule has 0 saturated heterocycles. The zero-order chi connectivity index (χ0) is 23.8. The van der Waals surface area contributed by atoms with Crippen molar-refractivity contribution in [3.05, 3.63) is 47.3 Å². The predicted octanol–water partition coefficient (Wildman–Crippen LogP) is 4.05. The van der Waals surface area contributed by atoms with E-state index in [1.807, 2.05) is 37.3 Å². The second-order valence-corrected chi connectivity index (χ2v) is 10.6. The van der Waals surface area contributed by atoms with Crippen molar-refractivity contribution in [1.29, 1.82) is 0 Å². The van der Waals surface area contributed by atoms with Crippen LogP contribution in [-0.4, -0.2) is 45.2 Å². The van der Waals surface area contributed by atoms with Gasteiger partial charge in [-0.2, -0.15) is 5.10 Å². The van der Waals surface area contributed by atoms with Gasteiger partial charge in [0, 0.05) is 18.0 Å². The fraction of sp³-hybridized carbons (Fsp3) is 0.577. The first-order valence-electron chi connectivity index (χ1n) is 12.0. The second-order valence-electron chi connectivity index (χ2n) is 10.6. The Morgan fingerprint density at radius 1 is 1.18 bits per heavy atom. The number of amides is 2. The van der Waals surface area contributed by atoms with Gasteiger partial charge in [-0.3, -0.25) is 14.3 Å². The van der Waals surface area contributed by atoms with Crippen molar-refractivity contribution < 1.29 is 14.3 Å². The first kappa shape index (κ1) is 23.3. The van der Waals surface area contributed by atoms with Crippen molar-refractivity contribution in [3.63, 3.8) is 0 Å². The lowest BCUT2D eigenvalue weighted by Gasteiger charge is -2.44. The van der Waals surface area contributed by atoms with E-state index in [-0.39, 0.29) is 23.3 Å². The van der Waals surface area contributed by atoms with Gasteiger partial charge in [-0.15, -0.1) is 0 Å². The highest BCUT2D eigenvalue weighted by atomic mass is 16.5. The van der Waals surface area contributed by atoms with Gasteiger partial charge < -0.3 is 15.0 Å². The van der Waals surface area contributed by atoms with Gasteiger partial charge in [-0.05, 0) is 43.5 Å². The summed E-state index contributed by atoms with van der Waals surface area (Å²) in [6.07, 6.45) is 5.48. The van der Waals surface area contributed by atoms with Crippen LogP contribution in [-0.2, 0) is 23.3 Å². The number of hydrogen-bond donors (Lipinski definition) is 1. The molecule has 1 N–H and O–H groups in total. The molecule has 1 unspecified atom stereocenters. The molecule has 1 aromatic heterocycles. The molecule has 1 fully saturated rings. The Morgan fingerprint density at radius 2 is 1.85 bits per heavy atom. The summed E-state index contributed by atoms with van der Waals surface area (Å²) >= 11 is 0. The van der Waals surface area contributed by atoms with E-state index < -0.39 is 5.54 Å². The number of carbonyl (C=O) groups is 2. The molecule has 2 amide bonds. The zero-order valence-corrected chi connectivity index (χ0v) is 20.5. The van der Waals surface area contributed by atoms with Crippen molar-refractivity contribution in [2.24, 2.45) is 0 Å². The number of hydrogen-bond acceptors (Lipinski definition) is 4. The minimum absolute atomic E-state index is 0.102. The number of methoxy groups -OCH3 is 1. The van der Waals surface area contributed by atoms with Crippen molar-refractivity contribution in [1.82, 2.24) is 20.0 Å². The van der Waals surface area contributed by atoms with Crippen LogP contribution in [0, 0.1) is 0 Å². The third-order valence-electron chi connectivity index (χ3n) is 7.00. The van der Waals surface area contributed by atoms with Gasteiger partial charge in [-0.25, -0.2) is 0 Å². The van der Waals surface area contributed by atoms with Crippen LogP contribution in [0.1, 0.15) is 81.5 Å². The molecular weight excluding hydrogens is 416 g/mol. The molecule has 2 heterocycles. The zero-order valence-electron chi connectivity index (χ0n) is 20.5. The van der Waals surface area contributed by atoms with Crippen molar-refractivity contribution in [3.8, 4) is 5.75 Å². The molecular formula is C26H36N4O3. The van der Waals surface area contributed by atoms with Gasteiger partial charge in [0.1, 0.15) is 17.0 Å². The summed E-state index contributed by atoms with van der Waals surface area (Å²) in [5.74, 6) is 0.491. The topological polar surface area (TPSA) is 76.5 Å². The molecule has 2 aromatic rings. The van der Waals surface area contributed by atoms with E-state index in [4.69, 9.17) is 9.84 Å². The van der Waals surface area contributed by atoms with Crippen LogP contribution in [0.25, 0.3) is 0 Å². The molecule has 33 heavy (non-hydrogen) atoms. The Morgan fingerprint density at radius 3 is 2.45 bits per heavy atom. The summed E-state index contributed by atoms with van der Waals surface area (Å²) in [5, 5.41) is 7.99. The van der Waals surface area contributed by atoms with E-state index in [0.717, 1.165) is 42.7 Å². The van der Waals surface area contributed by atoms with E-state index in [1.165, 1.54) is 6.42 Å². The summed E-state index contributed by atoms with van der Waals surface area (Å²) in [5.41, 5.74) is 1.11. The van der Waals surface area contributed by atoms with Gasteiger partial charge in [0.2, 0.25) is 5.91 Å². The Balaban J connectivity index is 1.69. The normalized spacial score (nSPS) is 21.6. The standard InChI is InChI=1S/C26H36N4O3/c1-25(2,3)22-15-21-23(31)29(16-18-11-13-20(33-5)14-12-18)26(4,17-30(21)28-22)24(32)27-19-9-7-6-8-10-19/h11-15,19H,6-10,16-17H2,1-5H3,(H,27,32). The first-order chi connectivity index (χ1) is 15.6. The highest BCUT2D eigenvalue weighted by molar-refractivity contribution is 5.99. The molecule has 4 rings (SSSR count). The number of rotatable bonds is 5. The van der Waals surface area contributed by atoms with Gasteiger partial charge >= 0.3 is 0 Å². The number of aromatic nitrogens is 2. The number of nitrogens with one attached hydrogen (secondary N) is 1. The maximum atomic E-state index is 13.8. The Kier molecular flexibility index (Phi) is 6.25. The molecule has 0 bridgehead atoms. The van der Waals surface area contributed by atoms with Gasteiger partial charge in [-0.1, -0.05) is 52.2 Å². The number of fused-ring (bicyclic) bond motifs is 1. The number of carbonyl (C=O) groups excluding carboxylic acids is 2. The summed E-state index contributed by atoms with van der Waals surface area (Å²) < 4.78 is 7.00. The molecule has 1 atom stereocenters. The highest BCUT2D eigenvalue weighted by Crippen LogP contribution is 2.32. The number of nitrogens with zero attached hydrogens (tertiary/aromatic N) is 3. The average Bonchev–Trinajstić information content (AvgIpc) is 3.22. The van der Waals surface area contributed by atoms with E-state index in [0.29, 0.717) is 18.8 Å². The predicted molar refractivity (Wildman–Crippen MR) is 127 cm³/mol. The largest absolute Gasteiger partial charge is 0.497 e. The molecule has 2 aliphatic rings. The maximum Gasteiger partial charge on any atom is 0.273 e. The molecule has 7 nitrogen and oxygen atoms in total. The Labute approximate surface area is 196 Å². The summed E-state index contributed by atoms with van der Waals surface area (Å²) in [4.78, 5) is 29.2. The molecule has 7 heteroatoms. The van der Waals surface area contributed by atoms with Gasteiger partial charge in [0.05, 0.1) is 19.3 Å². The molecule has 1 aliphatic heterocycles. The minimum Gasteiger partial charge on any atom is -0.497 e. The first-order valence-corrected chi connectivity index (χ1v) is 12.0. The van der Waals surface area contributed by atoms with E-state index in [9.17, 15) is 9.59 Å². The molecule has 178 valence electrons.